The predicted octanol–water partition coefficient (Wildman–Crippen LogP) is 3.79. The number of aromatic nitrogens is 1. The zero-order chi connectivity index (χ0) is 12.5. The van der Waals surface area contributed by atoms with Crippen molar-refractivity contribution in [2.75, 3.05) is 5.73 Å². The van der Waals surface area contributed by atoms with Crippen LogP contribution in [0.15, 0.2) is 54.6 Å². The number of rotatable bonds is 1. The van der Waals surface area contributed by atoms with Gasteiger partial charge in [-0.25, -0.2) is 4.98 Å². The monoisotopic (exact) mass is 234 g/mol. The van der Waals surface area contributed by atoms with Crippen LogP contribution in [-0.2, 0) is 0 Å². The fourth-order valence-corrected chi connectivity index (χ4v) is 2.39. The van der Waals surface area contributed by atoms with E-state index in [-0.39, 0.29) is 0 Å². The molecule has 3 aromatic rings. The van der Waals surface area contributed by atoms with Gasteiger partial charge in [-0.3, -0.25) is 0 Å². The third-order valence-corrected chi connectivity index (χ3v) is 3.18. The minimum absolute atomic E-state index is 0.600. The fourth-order valence-electron chi connectivity index (χ4n) is 2.39. The summed E-state index contributed by atoms with van der Waals surface area (Å²) in [6.07, 6.45) is 0. The second-order valence-electron chi connectivity index (χ2n) is 4.37. The SMILES string of the molecule is Cc1nc(N)c2ccccc2c1-c1ccccc1. The van der Waals surface area contributed by atoms with Gasteiger partial charge in [-0.2, -0.15) is 0 Å². The van der Waals surface area contributed by atoms with Gasteiger partial charge in [0, 0.05) is 16.6 Å². The van der Waals surface area contributed by atoms with Gasteiger partial charge in [0.15, 0.2) is 0 Å². The zero-order valence-electron chi connectivity index (χ0n) is 10.2. The summed E-state index contributed by atoms with van der Waals surface area (Å²) in [6, 6.07) is 18.5. The van der Waals surface area contributed by atoms with Crippen LogP contribution in [0.2, 0.25) is 0 Å². The molecule has 88 valence electrons. The minimum atomic E-state index is 0.600. The Morgan fingerprint density at radius 1 is 0.833 bits per heavy atom. The largest absolute Gasteiger partial charge is 0.383 e. The van der Waals surface area contributed by atoms with Crippen LogP contribution in [-0.4, -0.2) is 4.98 Å². The maximum absolute atomic E-state index is 5.99. The predicted molar refractivity (Wildman–Crippen MR) is 76.3 cm³/mol. The van der Waals surface area contributed by atoms with Gasteiger partial charge in [0.2, 0.25) is 0 Å². The second kappa shape index (κ2) is 4.15. The number of nitrogen functional groups attached to an aromatic ring is 1. The summed E-state index contributed by atoms with van der Waals surface area (Å²) in [5.74, 6) is 0.600. The van der Waals surface area contributed by atoms with Crippen LogP contribution in [0.25, 0.3) is 21.9 Å². The van der Waals surface area contributed by atoms with E-state index in [0.29, 0.717) is 5.82 Å². The van der Waals surface area contributed by atoms with Crippen molar-refractivity contribution in [1.29, 1.82) is 0 Å². The average molecular weight is 234 g/mol. The molecule has 0 unspecified atom stereocenters. The number of nitrogens with zero attached hydrogens (tertiary/aromatic N) is 1. The molecule has 18 heavy (non-hydrogen) atoms. The molecule has 0 aliphatic heterocycles. The lowest BCUT2D eigenvalue weighted by molar-refractivity contribution is 1.23. The summed E-state index contributed by atoms with van der Waals surface area (Å²) < 4.78 is 0. The highest BCUT2D eigenvalue weighted by Gasteiger charge is 2.10. The van der Waals surface area contributed by atoms with Gasteiger partial charge in [-0.15, -0.1) is 0 Å². The van der Waals surface area contributed by atoms with Crippen LogP contribution in [0, 0.1) is 6.92 Å². The molecule has 1 aromatic heterocycles. The molecule has 0 bridgehead atoms. The van der Waals surface area contributed by atoms with E-state index in [4.69, 9.17) is 5.73 Å². The lowest BCUT2D eigenvalue weighted by Crippen LogP contribution is -1.97. The molecule has 0 saturated heterocycles. The first kappa shape index (κ1) is 10.8. The molecule has 2 N–H and O–H groups in total. The number of nitrogens with two attached hydrogens (primary N) is 1. The quantitative estimate of drug-likeness (QED) is 0.695. The van der Waals surface area contributed by atoms with Gasteiger partial charge in [-0.1, -0.05) is 54.6 Å². The Labute approximate surface area is 106 Å². The fraction of sp³-hybridized carbons (Fsp3) is 0.0625. The number of anilines is 1. The number of hydrogen-bond donors (Lipinski definition) is 1. The molecule has 2 aromatic carbocycles. The maximum atomic E-state index is 5.99. The third-order valence-electron chi connectivity index (χ3n) is 3.18. The Morgan fingerprint density at radius 3 is 2.17 bits per heavy atom. The third kappa shape index (κ3) is 1.63. The van der Waals surface area contributed by atoms with Crippen molar-refractivity contribution in [2.24, 2.45) is 0 Å². The van der Waals surface area contributed by atoms with Gasteiger partial charge in [-0.05, 0) is 17.9 Å². The number of aryl methyl sites for hydroxylation is 1. The van der Waals surface area contributed by atoms with Crippen molar-refractivity contribution in [2.45, 2.75) is 6.92 Å². The molecule has 2 heteroatoms. The van der Waals surface area contributed by atoms with Crippen molar-refractivity contribution in [3.05, 3.63) is 60.3 Å². The summed E-state index contributed by atoms with van der Waals surface area (Å²) in [5, 5.41) is 2.18. The molecule has 0 aliphatic carbocycles. The Morgan fingerprint density at radius 2 is 1.44 bits per heavy atom. The van der Waals surface area contributed by atoms with Gasteiger partial charge in [0.25, 0.3) is 0 Å². The van der Waals surface area contributed by atoms with Crippen molar-refractivity contribution < 1.29 is 0 Å². The Hall–Kier alpha value is -2.35. The topological polar surface area (TPSA) is 38.9 Å². The highest BCUT2D eigenvalue weighted by molar-refractivity contribution is 6.02. The molecule has 0 saturated carbocycles. The Bertz CT molecular complexity index is 703. The molecule has 0 amide bonds. The molecular weight excluding hydrogens is 220 g/mol. The van der Waals surface area contributed by atoms with Gasteiger partial charge in [0.1, 0.15) is 5.82 Å². The van der Waals surface area contributed by atoms with Crippen molar-refractivity contribution >= 4 is 16.6 Å². The molecule has 2 nitrogen and oxygen atoms in total. The Balaban J connectivity index is 2.42. The standard InChI is InChI=1S/C16H14N2/c1-11-15(12-7-3-2-4-8-12)13-9-5-6-10-14(13)16(17)18-11/h2-10H,1H3,(H2,17,18). The highest BCUT2D eigenvalue weighted by Crippen LogP contribution is 2.32. The molecule has 1 heterocycles. The van der Waals surface area contributed by atoms with E-state index in [0.717, 1.165) is 16.5 Å². The van der Waals surface area contributed by atoms with Crippen LogP contribution in [0.1, 0.15) is 5.69 Å². The molecule has 0 fully saturated rings. The molecule has 0 atom stereocenters. The van der Waals surface area contributed by atoms with E-state index in [1.807, 2.05) is 43.3 Å². The van der Waals surface area contributed by atoms with Gasteiger partial charge in [0.05, 0.1) is 0 Å². The summed E-state index contributed by atoms with van der Waals surface area (Å²) in [6.45, 7) is 2.01. The van der Waals surface area contributed by atoms with E-state index in [9.17, 15) is 0 Å². The van der Waals surface area contributed by atoms with E-state index < -0.39 is 0 Å². The van der Waals surface area contributed by atoms with Crippen LogP contribution >= 0.6 is 0 Å². The summed E-state index contributed by atoms with van der Waals surface area (Å²) in [7, 11) is 0. The van der Waals surface area contributed by atoms with Crippen LogP contribution in [0.5, 0.6) is 0 Å². The first-order chi connectivity index (χ1) is 8.77. The maximum Gasteiger partial charge on any atom is 0.131 e. The number of hydrogen-bond acceptors (Lipinski definition) is 2. The van der Waals surface area contributed by atoms with E-state index >= 15 is 0 Å². The number of pyridine rings is 1. The molecule has 0 radical (unpaired) electrons. The normalized spacial score (nSPS) is 10.7. The molecule has 0 spiro atoms. The summed E-state index contributed by atoms with van der Waals surface area (Å²) >= 11 is 0. The average Bonchev–Trinajstić information content (AvgIpc) is 2.40. The van der Waals surface area contributed by atoms with Gasteiger partial charge >= 0.3 is 0 Å². The smallest absolute Gasteiger partial charge is 0.131 e. The van der Waals surface area contributed by atoms with E-state index in [1.54, 1.807) is 0 Å². The van der Waals surface area contributed by atoms with Crippen molar-refractivity contribution in [1.82, 2.24) is 4.98 Å². The van der Waals surface area contributed by atoms with Crippen LogP contribution in [0.4, 0.5) is 5.82 Å². The molecular formula is C16H14N2. The first-order valence-corrected chi connectivity index (χ1v) is 5.97. The summed E-state index contributed by atoms with van der Waals surface area (Å²) in [5.41, 5.74) is 9.31. The lowest BCUT2D eigenvalue weighted by Gasteiger charge is -2.11. The van der Waals surface area contributed by atoms with Crippen LogP contribution < -0.4 is 5.73 Å². The highest BCUT2D eigenvalue weighted by atomic mass is 14.8. The zero-order valence-corrected chi connectivity index (χ0v) is 10.2. The van der Waals surface area contributed by atoms with Crippen molar-refractivity contribution in [3.63, 3.8) is 0 Å². The van der Waals surface area contributed by atoms with Crippen LogP contribution in [0.3, 0.4) is 0 Å². The molecule has 3 rings (SSSR count). The minimum Gasteiger partial charge on any atom is -0.383 e. The second-order valence-corrected chi connectivity index (χ2v) is 4.37. The summed E-state index contributed by atoms with van der Waals surface area (Å²) in [4.78, 5) is 4.46. The number of benzene rings is 2. The molecule has 0 aliphatic rings. The van der Waals surface area contributed by atoms with Gasteiger partial charge < -0.3 is 5.73 Å². The Kier molecular flexibility index (Phi) is 2.49. The van der Waals surface area contributed by atoms with Crippen molar-refractivity contribution in [3.8, 4) is 11.1 Å². The van der Waals surface area contributed by atoms with E-state index in [2.05, 4.69) is 23.2 Å². The lowest BCUT2D eigenvalue weighted by atomic mass is 9.97. The number of fused-ring (bicyclic) bond motifs is 1. The van der Waals surface area contributed by atoms with E-state index in [1.165, 1.54) is 11.1 Å². The first-order valence-electron chi connectivity index (χ1n) is 5.97.